The van der Waals surface area contributed by atoms with E-state index in [4.69, 9.17) is 28.4 Å². The maximum Gasteiger partial charge on any atom is 0.334 e. The number of carboxylic acids is 1. The minimum absolute atomic E-state index is 0.104. The Kier molecular flexibility index (Phi) is 17.0. The molecule has 7 fully saturated rings. The lowest BCUT2D eigenvalue weighted by molar-refractivity contribution is -0.261. The molecule has 0 aromatic carbocycles. The quantitative estimate of drug-likeness (QED) is 0.0408. The molecular formula is C50H86O8. The van der Waals surface area contributed by atoms with Crippen LogP contribution in [0.1, 0.15) is 220 Å². The van der Waals surface area contributed by atoms with E-state index < -0.39 is 5.97 Å². The van der Waals surface area contributed by atoms with Gasteiger partial charge in [-0.1, -0.05) is 91.4 Å². The molecular weight excluding hydrogens is 729 g/mol. The van der Waals surface area contributed by atoms with Gasteiger partial charge in [-0.3, -0.25) is 0 Å². The summed E-state index contributed by atoms with van der Waals surface area (Å²) in [5, 5.41) is 10.5. The van der Waals surface area contributed by atoms with Crippen LogP contribution >= 0.6 is 0 Å². The van der Waals surface area contributed by atoms with Crippen molar-refractivity contribution in [2.24, 2.45) is 11.3 Å². The topological polar surface area (TPSA) is 92.7 Å². The Bertz CT molecular complexity index is 1240. The van der Waals surface area contributed by atoms with Crippen molar-refractivity contribution in [3.63, 3.8) is 0 Å². The summed E-state index contributed by atoms with van der Waals surface area (Å²) in [6.45, 7) is 13.4. The Morgan fingerprint density at radius 1 is 0.552 bits per heavy atom. The van der Waals surface area contributed by atoms with E-state index in [1.54, 1.807) is 6.92 Å². The van der Waals surface area contributed by atoms with E-state index in [2.05, 4.69) is 20.8 Å². The third-order valence-electron chi connectivity index (χ3n) is 15.9. The van der Waals surface area contributed by atoms with Gasteiger partial charge in [0.2, 0.25) is 0 Å². The standard InChI is InChI=1S/C50H86O8/c1-5-8-20-46(26-32-56-46)23-14-11-17-29-53-43(41(4)44(51)52)45-35-42-36-49(38-45,54-30-18-12-15-24-47(21-9-6-2)27-33-57-47)40-50(37-42,39-45)55-31-19-13-16-25-48(22-10-7-3)28-34-58-48/h42H,5-40H2,1-4H3,(H,51,52). The molecule has 5 atom stereocenters. The highest BCUT2D eigenvalue weighted by Crippen LogP contribution is 2.68. The van der Waals surface area contributed by atoms with Crippen LogP contribution in [-0.4, -0.2) is 78.7 Å². The first-order valence-electron chi connectivity index (χ1n) is 24.8. The molecule has 5 unspecified atom stereocenters. The van der Waals surface area contributed by atoms with Gasteiger partial charge >= 0.3 is 5.97 Å². The van der Waals surface area contributed by atoms with Crippen LogP contribution in [0, 0.1) is 11.3 Å². The van der Waals surface area contributed by atoms with Crippen molar-refractivity contribution in [3.8, 4) is 0 Å². The van der Waals surface area contributed by atoms with Crippen LogP contribution in [0.25, 0.3) is 0 Å². The second kappa shape index (κ2) is 21.3. The number of hydrogen-bond donors (Lipinski definition) is 1. The molecule has 4 aliphatic carbocycles. The number of rotatable bonds is 32. The highest BCUT2D eigenvalue weighted by atomic mass is 16.5. The fourth-order valence-electron chi connectivity index (χ4n) is 12.8. The number of hydrogen-bond acceptors (Lipinski definition) is 7. The summed E-state index contributed by atoms with van der Waals surface area (Å²) in [6.07, 6.45) is 33.7. The number of carboxylic acid groups (broad SMARTS) is 1. The highest BCUT2D eigenvalue weighted by molar-refractivity contribution is 5.86. The van der Waals surface area contributed by atoms with Gasteiger partial charge in [-0.2, -0.15) is 0 Å². The van der Waals surface area contributed by atoms with Gasteiger partial charge in [0, 0.05) is 25.0 Å². The summed E-state index contributed by atoms with van der Waals surface area (Å²) in [4.78, 5) is 12.8. The first-order valence-corrected chi connectivity index (χ1v) is 24.8. The number of aliphatic carboxylic acids is 1. The largest absolute Gasteiger partial charge is 0.497 e. The normalized spacial score (nSPS) is 35.3. The van der Waals surface area contributed by atoms with E-state index in [1.807, 2.05) is 0 Å². The van der Waals surface area contributed by atoms with Gasteiger partial charge in [-0.25, -0.2) is 4.79 Å². The van der Waals surface area contributed by atoms with Crippen molar-refractivity contribution in [2.75, 3.05) is 39.6 Å². The minimum Gasteiger partial charge on any atom is -0.497 e. The number of unbranched alkanes of at least 4 members (excludes halogenated alkanes) is 9. The van der Waals surface area contributed by atoms with Crippen molar-refractivity contribution in [3.05, 3.63) is 11.3 Å². The number of carbonyl (C=O) groups is 1. The smallest absolute Gasteiger partial charge is 0.334 e. The molecule has 0 spiro atoms. The Hall–Kier alpha value is -1.19. The van der Waals surface area contributed by atoms with Crippen molar-refractivity contribution >= 4 is 5.97 Å². The average Bonchev–Trinajstić information content (AvgIpc) is 3.14. The van der Waals surface area contributed by atoms with E-state index in [0.717, 1.165) is 129 Å². The van der Waals surface area contributed by atoms with Crippen molar-refractivity contribution in [1.29, 1.82) is 0 Å². The molecule has 1 N–H and O–H groups in total. The summed E-state index contributed by atoms with van der Waals surface area (Å²) >= 11 is 0. The predicted octanol–water partition coefficient (Wildman–Crippen LogP) is 12.6. The Balaban J connectivity index is 1.07. The van der Waals surface area contributed by atoms with E-state index in [9.17, 15) is 9.90 Å². The third-order valence-corrected chi connectivity index (χ3v) is 15.9. The molecule has 0 radical (unpaired) electrons. The van der Waals surface area contributed by atoms with Crippen LogP contribution in [-0.2, 0) is 33.2 Å². The zero-order valence-corrected chi connectivity index (χ0v) is 37.8. The number of ether oxygens (including phenoxy) is 6. The van der Waals surface area contributed by atoms with Gasteiger partial charge in [0.15, 0.2) is 0 Å². The maximum atomic E-state index is 12.8. The van der Waals surface area contributed by atoms with Crippen LogP contribution < -0.4 is 0 Å². The Labute approximate surface area is 354 Å². The Morgan fingerprint density at radius 2 is 0.948 bits per heavy atom. The lowest BCUT2D eigenvalue weighted by atomic mass is 9.45. The first-order chi connectivity index (χ1) is 28.1. The molecule has 0 amide bonds. The highest BCUT2D eigenvalue weighted by Gasteiger charge is 2.66. The van der Waals surface area contributed by atoms with Crippen molar-refractivity contribution in [2.45, 2.75) is 248 Å². The van der Waals surface area contributed by atoms with E-state index in [1.165, 1.54) is 103 Å². The van der Waals surface area contributed by atoms with Gasteiger partial charge in [0.05, 0.1) is 60.0 Å². The molecule has 8 nitrogen and oxygen atoms in total. The molecule has 3 heterocycles. The van der Waals surface area contributed by atoms with Crippen LogP contribution in [0.2, 0.25) is 0 Å². The average molecular weight is 815 g/mol. The molecule has 4 bridgehead atoms. The van der Waals surface area contributed by atoms with Crippen molar-refractivity contribution in [1.82, 2.24) is 0 Å². The fourth-order valence-corrected chi connectivity index (χ4v) is 12.8. The van der Waals surface area contributed by atoms with Gasteiger partial charge in [-0.05, 0) is 128 Å². The molecule has 58 heavy (non-hydrogen) atoms. The number of allylic oxidation sites excluding steroid dienone is 1. The molecule has 8 heteroatoms. The lowest BCUT2D eigenvalue weighted by Crippen LogP contribution is -2.65. The van der Waals surface area contributed by atoms with Gasteiger partial charge in [0.25, 0.3) is 0 Å². The molecule has 3 aliphatic heterocycles. The minimum atomic E-state index is -0.866. The summed E-state index contributed by atoms with van der Waals surface area (Å²) in [5.41, 5.74) is -0.204. The van der Waals surface area contributed by atoms with Gasteiger partial charge < -0.3 is 33.5 Å². The van der Waals surface area contributed by atoms with Crippen LogP contribution in [0.4, 0.5) is 0 Å². The summed E-state index contributed by atoms with van der Waals surface area (Å²) in [6, 6.07) is 0. The van der Waals surface area contributed by atoms with E-state index in [0.29, 0.717) is 18.1 Å². The summed E-state index contributed by atoms with van der Waals surface area (Å²) < 4.78 is 39.4. The molecule has 4 saturated carbocycles. The second-order valence-corrected chi connectivity index (χ2v) is 20.5. The molecule has 3 saturated heterocycles. The second-order valence-electron chi connectivity index (χ2n) is 20.5. The van der Waals surface area contributed by atoms with E-state index in [-0.39, 0.29) is 33.4 Å². The fraction of sp³-hybridized carbons (Fsp3) is 0.940. The zero-order valence-electron chi connectivity index (χ0n) is 37.8. The molecule has 334 valence electrons. The summed E-state index contributed by atoms with van der Waals surface area (Å²) in [7, 11) is 0. The van der Waals surface area contributed by atoms with Crippen LogP contribution in [0.5, 0.6) is 0 Å². The molecule has 7 rings (SSSR count). The third kappa shape index (κ3) is 11.6. The van der Waals surface area contributed by atoms with Crippen LogP contribution in [0.3, 0.4) is 0 Å². The van der Waals surface area contributed by atoms with Gasteiger partial charge in [-0.15, -0.1) is 0 Å². The predicted molar refractivity (Wildman–Crippen MR) is 231 cm³/mol. The monoisotopic (exact) mass is 815 g/mol. The van der Waals surface area contributed by atoms with E-state index >= 15 is 0 Å². The van der Waals surface area contributed by atoms with Crippen molar-refractivity contribution < 1.29 is 38.3 Å². The van der Waals surface area contributed by atoms with Crippen LogP contribution in [0.15, 0.2) is 11.3 Å². The molecule has 0 aromatic rings. The zero-order chi connectivity index (χ0) is 41.0. The summed E-state index contributed by atoms with van der Waals surface area (Å²) in [5.74, 6) is 0.305. The Morgan fingerprint density at radius 3 is 1.31 bits per heavy atom. The lowest BCUT2D eigenvalue weighted by Gasteiger charge is -2.66. The SMILES string of the molecule is CCCCC1(CCCCCOC(=C(C)C(=O)O)C23CC4CC(OCCCCCC5(CCCC)CCO5)(CC(OCCCCCC5(CCCC)CCO5)(C4)C2)C3)CCO1. The van der Waals surface area contributed by atoms with Gasteiger partial charge in [0.1, 0.15) is 5.76 Å². The molecule has 7 aliphatic rings. The maximum absolute atomic E-state index is 12.8. The first kappa shape index (κ1) is 46.3. The molecule has 0 aromatic heterocycles.